The van der Waals surface area contributed by atoms with E-state index in [1.165, 1.54) is 11.3 Å². The Hall–Kier alpha value is -2.40. The average molecular weight is 363 g/mol. The number of carbonyl (C=O) groups excluding carboxylic acids is 3. The van der Waals surface area contributed by atoms with E-state index < -0.39 is 24.0 Å². The number of aryl methyl sites for hydroxylation is 1. The molecule has 1 aliphatic carbocycles. The fourth-order valence-electron chi connectivity index (χ4n) is 2.72. The van der Waals surface area contributed by atoms with Crippen molar-refractivity contribution < 1.29 is 19.1 Å². The lowest BCUT2D eigenvalue weighted by molar-refractivity contribution is -0.148. The predicted molar refractivity (Wildman–Crippen MR) is 91.9 cm³/mol. The number of nitriles is 1. The van der Waals surface area contributed by atoms with Crippen LogP contribution >= 0.6 is 11.3 Å². The van der Waals surface area contributed by atoms with Gasteiger partial charge in [0.1, 0.15) is 12.1 Å². The lowest BCUT2D eigenvalue weighted by Crippen LogP contribution is -2.50. The molecule has 0 radical (unpaired) electrons. The van der Waals surface area contributed by atoms with Gasteiger partial charge in [0.2, 0.25) is 0 Å². The van der Waals surface area contributed by atoms with Crippen LogP contribution in [-0.4, -0.2) is 36.5 Å². The van der Waals surface area contributed by atoms with Crippen molar-refractivity contribution in [2.75, 3.05) is 13.2 Å². The molecule has 0 aliphatic heterocycles. The molecule has 1 aliphatic rings. The fourth-order valence-corrected chi connectivity index (χ4v) is 3.50. The second kappa shape index (κ2) is 8.62. The number of rotatable bonds is 6. The standard InChI is InChI=1S/C17H21N3O4S/c1-12-5-6-13(25-12)16(23)19-9-15(22)24-10-14(21)20-17(11-18)7-3-2-4-8-17/h5-6H,2-4,7-10H2,1H3,(H,19,23)(H,20,21). The number of esters is 1. The van der Waals surface area contributed by atoms with Crippen molar-refractivity contribution in [3.05, 3.63) is 21.9 Å². The Labute approximate surface area is 150 Å². The van der Waals surface area contributed by atoms with E-state index >= 15 is 0 Å². The maximum Gasteiger partial charge on any atom is 0.325 e. The number of hydrogen-bond acceptors (Lipinski definition) is 6. The smallest absolute Gasteiger partial charge is 0.325 e. The third-order valence-electron chi connectivity index (χ3n) is 4.02. The summed E-state index contributed by atoms with van der Waals surface area (Å²) in [7, 11) is 0. The van der Waals surface area contributed by atoms with E-state index in [0.717, 1.165) is 24.1 Å². The summed E-state index contributed by atoms with van der Waals surface area (Å²) in [6, 6.07) is 5.67. The molecule has 0 aromatic carbocycles. The largest absolute Gasteiger partial charge is 0.454 e. The molecule has 0 spiro atoms. The van der Waals surface area contributed by atoms with Gasteiger partial charge in [0, 0.05) is 4.88 Å². The second-order valence-corrected chi connectivity index (χ2v) is 7.34. The first-order chi connectivity index (χ1) is 11.9. The topological polar surface area (TPSA) is 108 Å². The van der Waals surface area contributed by atoms with Crippen LogP contribution in [0.5, 0.6) is 0 Å². The van der Waals surface area contributed by atoms with Crippen molar-refractivity contribution in [3.63, 3.8) is 0 Å². The van der Waals surface area contributed by atoms with Crippen LogP contribution in [0.4, 0.5) is 0 Å². The van der Waals surface area contributed by atoms with E-state index in [0.29, 0.717) is 17.7 Å². The van der Waals surface area contributed by atoms with E-state index in [1.807, 2.05) is 13.0 Å². The van der Waals surface area contributed by atoms with Crippen LogP contribution < -0.4 is 10.6 Å². The molecule has 0 unspecified atom stereocenters. The van der Waals surface area contributed by atoms with Gasteiger partial charge in [0.15, 0.2) is 6.61 Å². The van der Waals surface area contributed by atoms with Crippen LogP contribution in [0.1, 0.15) is 46.7 Å². The molecule has 0 bridgehead atoms. The summed E-state index contributed by atoms with van der Waals surface area (Å²) in [4.78, 5) is 36.9. The highest BCUT2D eigenvalue weighted by atomic mass is 32.1. The highest BCUT2D eigenvalue weighted by Gasteiger charge is 2.33. The summed E-state index contributed by atoms with van der Waals surface area (Å²) in [5.74, 6) is -1.56. The molecule has 2 amide bonds. The quantitative estimate of drug-likeness (QED) is 0.748. The van der Waals surface area contributed by atoms with Gasteiger partial charge in [-0.3, -0.25) is 14.4 Å². The molecule has 7 nitrogen and oxygen atoms in total. The maximum atomic E-state index is 11.9. The molecule has 1 aromatic rings. The first-order valence-electron chi connectivity index (χ1n) is 8.17. The van der Waals surface area contributed by atoms with E-state index in [2.05, 4.69) is 16.7 Å². The lowest BCUT2D eigenvalue weighted by Gasteiger charge is -2.31. The highest BCUT2D eigenvalue weighted by Crippen LogP contribution is 2.27. The summed E-state index contributed by atoms with van der Waals surface area (Å²) in [6.45, 7) is 1.11. The van der Waals surface area contributed by atoms with Crippen molar-refractivity contribution in [3.8, 4) is 6.07 Å². The van der Waals surface area contributed by atoms with Crippen LogP contribution in [0.2, 0.25) is 0 Å². The number of thiophene rings is 1. The number of nitrogens with one attached hydrogen (secondary N) is 2. The summed E-state index contributed by atoms with van der Waals surface area (Å²) in [6.07, 6.45) is 4.06. The minimum absolute atomic E-state index is 0.313. The van der Waals surface area contributed by atoms with Gasteiger partial charge in [-0.05, 0) is 31.9 Å². The summed E-state index contributed by atoms with van der Waals surface area (Å²) in [5, 5.41) is 14.4. The summed E-state index contributed by atoms with van der Waals surface area (Å²) >= 11 is 1.33. The maximum absolute atomic E-state index is 11.9. The number of carbonyl (C=O) groups is 3. The average Bonchev–Trinajstić information content (AvgIpc) is 3.05. The molecule has 1 aromatic heterocycles. The molecular formula is C17H21N3O4S. The van der Waals surface area contributed by atoms with E-state index in [4.69, 9.17) is 4.74 Å². The molecule has 2 rings (SSSR count). The minimum atomic E-state index is -0.854. The van der Waals surface area contributed by atoms with Crippen molar-refractivity contribution in [2.24, 2.45) is 0 Å². The third-order valence-corrected chi connectivity index (χ3v) is 5.02. The molecule has 1 heterocycles. The number of nitrogens with zero attached hydrogens (tertiary/aromatic N) is 1. The number of hydrogen-bond donors (Lipinski definition) is 2. The fraction of sp³-hybridized carbons (Fsp3) is 0.529. The molecule has 0 saturated heterocycles. The van der Waals surface area contributed by atoms with Gasteiger partial charge in [-0.15, -0.1) is 11.3 Å². The first kappa shape index (κ1) is 18.9. The second-order valence-electron chi connectivity index (χ2n) is 6.06. The SMILES string of the molecule is Cc1ccc(C(=O)NCC(=O)OCC(=O)NC2(C#N)CCCCC2)s1. The number of amides is 2. The Morgan fingerprint density at radius 3 is 2.60 bits per heavy atom. The van der Waals surface area contributed by atoms with Gasteiger partial charge in [-0.25, -0.2) is 0 Å². The molecule has 2 N–H and O–H groups in total. The predicted octanol–water partition coefficient (Wildman–Crippen LogP) is 1.67. The van der Waals surface area contributed by atoms with Crippen LogP contribution in [0.15, 0.2) is 12.1 Å². The molecular weight excluding hydrogens is 342 g/mol. The molecule has 0 atom stereocenters. The van der Waals surface area contributed by atoms with Crippen LogP contribution in [0, 0.1) is 18.3 Å². The summed E-state index contributed by atoms with van der Waals surface area (Å²) < 4.78 is 4.85. The van der Waals surface area contributed by atoms with Crippen molar-refractivity contribution in [1.29, 1.82) is 5.26 Å². The Kier molecular flexibility index (Phi) is 6.53. The van der Waals surface area contributed by atoms with E-state index in [-0.39, 0.29) is 12.5 Å². The Morgan fingerprint density at radius 2 is 2.00 bits per heavy atom. The van der Waals surface area contributed by atoms with Gasteiger partial charge >= 0.3 is 5.97 Å². The Morgan fingerprint density at radius 1 is 1.28 bits per heavy atom. The van der Waals surface area contributed by atoms with Crippen LogP contribution in [-0.2, 0) is 14.3 Å². The Bertz CT molecular complexity index is 686. The minimum Gasteiger partial charge on any atom is -0.454 e. The molecule has 1 saturated carbocycles. The molecule has 134 valence electrons. The first-order valence-corrected chi connectivity index (χ1v) is 8.98. The third kappa shape index (κ3) is 5.57. The normalized spacial score (nSPS) is 15.7. The zero-order chi connectivity index (χ0) is 18.3. The van der Waals surface area contributed by atoms with Gasteiger partial charge < -0.3 is 15.4 Å². The highest BCUT2D eigenvalue weighted by molar-refractivity contribution is 7.13. The summed E-state index contributed by atoms with van der Waals surface area (Å²) in [5.41, 5.74) is -0.854. The van der Waals surface area contributed by atoms with Gasteiger partial charge in [0.05, 0.1) is 10.9 Å². The zero-order valence-electron chi connectivity index (χ0n) is 14.1. The molecule has 1 fully saturated rings. The monoisotopic (exact) mass is 363 g/mol. The zero-order valence-corrected chi connectivity index (χ0v) is 14.9. The van der Waals surface area contributed by atoms with Crippen molar-refractivity contribution >= 4 is 29.1 Å². The van der Waals surface area contributed by atoms with E-state index in [1.54, 1.807) is 6.07 Å². The molecule has 25 heavy (non-hydrogen) atoms. The van der Waals surface area contributed by atoms with Crippen molar-refractivity contribution in [1.82, 2.24) is 10.6 Å². The molecule has 8 heteroatoms. The van der Waals surface area contributed by atoms with E-state index in [9.17, 15) is 19.6 Å². The van der Waals surface area contributed by atoms with Crippen LogP contribution in [0.3, 0.4) is 0 Å². The van der Waals surface area contributed by atoms with Gasteiger partial charge in [0.25, 0.3) is 11.8 Å². The van der Waals surface area contributed by atoms with Crippen LogP contribution in [0.25, 0.3) is 0 Å². The lowest BCUT2D eigenvalue weighted by atomic mass is 9.83. The Balaban J connectivity index is 1.71. The number of ether oxygens (including phenoxy) is 1. The van der Waals surface area contributed by atoms with Gasteiger partial charge in [-0.2, -0.15) is 5.26 Å². The van der Waals surface area contributed by atoms with Gasteiger partial charge in [-0.1, -0.05) is 19.3 Å². The van der Waals surface area contributed by atoms with Crippen molar-refractivity contribution in [2.45, 2.75) is 44.6 Å².